The highest BCUT2D eigenvalue weighted by Gasteiger charge is 2.35. The zero-order valence-corrected chi connectivity index (χ0v) is 10.8. The summed E-state index contributed by atoms with van der Waals surface area (Å²) in [5.41, 5.74) is 2.71. The van der Waals surface area contributed by atoms with E-state index in [0.29, 0.717) is 6.54 Å². The maximum Gasteiger partial charge on any atom is 0.311 e. The van der Waals surface area contributed by atoms with E-state index in [4.69, 9.17) is 0 Å². The van der Waals surface area contributed by atoms with Crippen LogP contribution in [0.3, 0.4) is 0 Å². The molecule has 0 saturated carbocycles. The van der Waals surface area contributed by atoms with Gasteiger partial charge < -0.3 is 9.64 Å². The minimum Gasteiger partial charge on any atom is -0.469 e. The summed E-state index contributed by atoms with van der Waals surface area (Å²) in [4.78, 5) is 29.2. The van der Waals surface area contributed by atoms with Gasteiger partial charge in [0.2, 0.25) is 5.91 Å². The number of carbonyl (C=O) groups is 2. The number of ether oxygens (including phenoxy) is 1. The summed E-state index contributed by atoms with van der Waals surface area (Å²) in [7, 11) is 1.34. The van der Waals surface area contributed by atoms with E-state index in [-0.39, 0.29) is 24.2 Å². The summed E-state index contributed by atoms with van der Waals surface area (Å²) in [5, 5.41) is 0. The average Bonchev–Trinajstić information content (AvgIpc) is 2.74. The van der Waals surface area contributed by atoms with E-state index in [1.807, 2.05) is 19.9 Å². The molecule has 0 radical (unpaired) electrons. The first-order valence-electron chi connectivity index (χ1n) is 5.84. The molecule has 0 aromatic carbocycles. The Balaban J connectivity index is 2.21. The van der Waals surface area contributed by atoms with Gasteiger partial charge in [-0.2, -0.15) is 0 Å². The SMILES string of the molecule is COC(=O)C1CC(=O)N(c2cnc(C)c(C)c2)C1. The van der Waals surface area contributed by atoms with Crippen molar-refractivity contribution in [2.24, 2.45) is 5.92 Å². The highest BCUT2D eigenvalue weighted by molar-refractivity contribution is 5.99. The van der Waals surface area contributed by atoms with E-state index in [2.05, 4.69) is 9.72 Å². The van der Waals surface area contributed by atoms with Gasteiger partial charge in [-0.1, -0.05) is 0 Å². The van der Waals surface area contributed by atoms with Crippen molar-refractivity contribution in [3.05, 3.63) is 23.5 Å². The van der Waals surface area contributed by atoms with E-state index in [9.17, 15) is 9.59 Å². The Morgan fingerprint density at radius 3 is 2.83 bits per heavy atom. The van der Waals surface area contributed by atoms with Crippen molar-refractivity contribution in [2.75, 3.05) is 18.6 Å². The van der Waals surface area contributed by atoms with E-state index in [0.717, 1.165) is 16.9 Å². The van der Waals surface area contributed by atoms with Gasteiger partial charge in [-0.15, -0.1) is 0 Å². The molecule has 96 valence electrons. The van der Waals surface area contributed by atoms with Gasteiger partial charge in [0.25, 0.3) is 0 Å². The molecular formula is C13H16N2O3. The molecule has 1 aliphatic heterocycles. The number of hydrogen-bond acceptors (Lipinski definition) is 4. The van der Waals surface area contributed by atoms with E-state index in [1.54, 1.807) is 11.1 Å². The lowest BCUT2D eigenvalue weighted by atomic mass is 10.1. The van der Waals surface area contributed by atoms with Crippen molar-refractivity contribution in [1.29, 1.82) is 0 Å². The van der Waals surface area contributed by atoms with Crippen molar-refractivity contribution in [1.82, 2.24) is 4.98 Å². The van der Waals surface area contributed by atoms with Crippen LogP contribution in [0.1, 0.15) is 17.7 Å². The fourth-order valence-electron chi connectivity index (χ4n) is 2.06. The minimum absolute atomic E-state index is 0.0598. The quantitative estimate of drug-likeness (QED) is 0.738. The number of aromatic nitrogens is 1. The minimum atomic E-state index is -0.371. The summed E-state index contributed by atoms with van der Waals surface area (Å²) in [6, 6.07) is 1.92. The Bertz CT molecular complexity index is 499. The number of anilines is 1. The van der Waals surface area contributed by atoms with Gasteiger partial charge in [-0.05, 0) is 25.5 Å². The average molecular weight is 248 g/mol. The lowest BCUT2D eigenvalue weighted by molar-refractivity contribution is -0.145. The third kappa shape index (κ3) is 2.20. The highest BCUT2D eigenvalue weighted by Crippen LogP contribution is 2.26. The van der Waals surface area contributed by atoms with Crippen LogP contribution in [0, 0.1) is 19.8 Å². The molecule has 0 spiro atoms. The molecule has 1 aromatic rings. The Hall–Kier alpha value is -1.91. The predicted molar refractivity (Wildman–Crippen MR) is 66.2 cm³/mol. The van der Waals surface area contributed by atoms with Crippen LogP contribution < -0.4 is 4.90 Å². The molecule has 1 aromatic heterocycles. The smallest absolute Gasteiger partial charge is 0.311 e. The number of methoxy groups -OCH3 is 1. The molecular weight excluding hydrogens is 232 g/mol. The van der Waals surface area contributed by atoms with Crippen molar-refractivity contribution < 1.29 is 14.3 Å². The van der Waals surface area contributed by atoms with Crippen LogP contribution in [0.15, 0.2) is 12.3 Å². The molecule has 1 atom stereocenters. The van der Waals surface area contributed by atoms with Gasteiger partial charge in [0.15, 0.2) is 0 Å². The molecule has 5 heteroatoms. The third-order valence-corrected chi connectivity index (χ3v) is 3.30. The van der Waals surface area contributed by atoms with Gasteiger partial charge in [-0.3, -0.25) is 14.6 Å². The first-order valence-corrected chi connectivity index (χ1v) is 5.84. The second kappa shape index (κ2) is 4.76. The monoisotopic (exact) mass is 248 g/mol. The van der Waals surface area contributed by atoms with Crippen LogP contribution in [0.4, 0.5) is 5.69 Å². The predicted octanol–water partition coefficient (Wildman–Crippen LogP) is 1.22. The van der Waals surface area contributed by atoms with Crippen LogP contribution in [-0.2, 0) is 14.3 Å². The number of pyridine rings is 1. The summed E-state index contributed by atoms with van der Waals surface area (Å²) >= 11 is 0. The van der Waals surface area contributed by atoms with Crippen molar-refractivity contribution in [3.8, 4) is 0 Å². The van der Waals surface area contributed by atoms with Crippen LogP contribution in [0.25, 0.3) is 0 Å². The maximum absolute atomic E-state index is 11.9. The number of hydrogen-bond donors (Lipinski definition) is 0. The largest absolute Gasteiger partial charge is 0.469 e. The standard InChI is InChI=1S/C13H16N2O3/c1-8-4-11(6-14-9(8)2)15-7-10(5-12(15)16)13(17)18-3/h4,6,10H,5,7H2,1-3H3. The highest BCUT2D eigenvalue weighted by atomic mass is 16.5. The van der Waals surface area contributed by atoms with E-state index in [1.165, 1.54) is 7.11 Å². The second-order valence-corrected chi connectivity index (χ2v) is 4.52. The van der Waals surface area contributed by atoms with Gasteiger partial charge in [-0.25, -0.2) is 0 Å². The molecule has 1 saturated heterocycles. The Morgan fingerprint density at radius 2 is 2.22 bits per heavy atom. The lowest BCUT2D eigenvalue weighted by Gasteiger charge is -2.17. The normalized spacial score (nSPS) is 19.2. The number of amides is 1. The van der Waals surface area contributed by atoms with Crippen LogP contribution in [-0.4, -0.2) is 30.5 Å². The molecule has 1 fully saturated rings. The first-order chi connectivity index (χ1) is 8.52. The van der Waals surface area contributed by atoms with E-state index < -0.39 is 0 Å². The second-order valence-electron chi connectivity index (χ2n) is 4.52. The van der Waals surface area contributed by atoms with Crippen LogP contribution in [0.5, 0.6) is 0 Å². The summed E-state index contributed by atoms with van der Waals surface area (Å²) in [6.45, 7) is 4.24. The maximum atomic E-state index is 11.9. The molecule has 0 bridgehead atoms. The fraction of sp³-hybridized carbons (Fsp3) is 0.462. The van der Waals surface area contributed by atoms with Gasteiger partial charge in [0.1, 0.15) is 0 Å². The number of nitrogens with zero attached hydrogens (tertiary/aromatic N) is 2. The zero-order chi connectivity index (χ0) is 13.3. The van der Waals surface area contributed by atoms with Crippen LogP contribution in [0.2, 0.25) is 0 Å². The van der Waals surface area contributed by atoms with Crippen molar-refractivity contribution in [2.45, 2.75) is 20.3 Å². The van der Waals surface area contributed by atoms with Crippen molar-refractivity contribution in [3.63, 3.8) is 0 Å². The number of aryl methyl sites for hydroxylation is 2. The molecule has 1 amide bonds. The molecule has 1 aliphatic rings. The fourth-order valence-corrected chi connectivity index (χ4v) is 2.06. The lowest BCUT2D eigenvalue weighted by Crippen LogP contribution is -2.26. The molecule has 18 heavy (non-hydrogen) atoms. The zero-order valence-electron chi connectivity index (χ0n) is 10.8. The molecule has 0 N–H and O–H groups in total. The van der Waals surface area contributed by atoms with Gasteiger partial charge in [0, 0.05) is 18.7 Å². The summed E-state index contributed by atoms with van der Waals surface area (Å²) < 4.78 is 4.68. The Kier molecular flexibility index (Phi) is 3.32. The molecule has 2 heterocycles. The number of esters is 1. The first kappa shape index (κ1) is 12.5. The Morgan fingerprint density at radius 1 is 1.50 bits per heavy atom. The van der Waals surface area contributed by atoms with Crippen LogP contribution >= 0.6 is 0 Å². The summed E-state index contributed by atoms with van der Waals surface area (Å²) in [6.07, 6.45) is 1.87. The molecule has 0 aliphatic carbocycles. The van der Waals surface area contributed by atoms with Gasteiger partial charge >= 0.3 is 5.97 Å². The number of carbonyl (C=O) groups excluding carboxylic acids is 2. The van der Waals surface area contributed by atoms with Gasteiger partial charge in [0.05, 0.1) is 24.9 Å². The molecule has 5 nitrogen and oxygen atoms in total. The third-order valence-electron chi connectivity index (χ3n) is 3.30. The van der Waals surface area contributed by atoms with E-state index >= 15 is 0 Å². The molecule has 1 unspecified atom stereocenters. The summed E-state index contributed by atoms with van der Waals surface area (Å²) in [5.74, 6) is -0.762. The topological polar surface area (TPSA) is 59.5 Å². The number of rotatable bonds is 2. The molecule has 2 rings (SSSR count). The Labute approximate surface area is 106 Å². The van der Waals surface area contributed by atoms with Crippen molar-refractivity contribution >= 4 is 17.6 Å².